The molecule has 0 radical (unpaired) electrons. The average Bonchev–Trinajstić information content (AvgIpc) is 3.43. The zero-order valence-electron chi connectivity index (χ0n) is 18.5. The molecule has 0 unspecified atom stereocenters. The van der Waals surface area contributed by atoms with E-state index in [1.165, 1.54) is 0 Å². The van der Waals surface area contributed by atoms with Crippen molar-refractivity contribution in [2.45, 2.75) is 18.9 Å². The number of rotatable bonds is 6. The van der Waals surface area contributed by atoms with Crippen LogP contribution in [0.15, 0.2) is 24.3 Å². The second-order valence-corrected chi connectivity index (χ2v) is 7.97. The van der Waals surface area contributed by atoms with Crippen molar-refractivity contribution >= 4 is 5.97 Å². The van der Waals surface area contributed by atoms with Crippen LogP contribution in [-0.2, 0) is 14.3 Å². The van der Waals surface area contributed by atoms with Crippen LogP contribution in [0.1, 0.15) is 35.6 Å². The normalized spacial score (nSPS) is 25.1. The lowest BCUT2D eigenvalue weighted by Crippen LogP contribution is -2.35. The predicted molar refractivity (Wildman–Crippen MR) is 113 cm³/mol. The molecule has 0 spiro atoms. The Kier molecular flexibility index (Phi) is 5.25. The third kappa shape index (κ3) is 3.04. The molecule has 1 fully saturated rings. The molecule has 8 nitrogen and oxygen atoms in total. The van der Waals surface area contributed by atoms with Gasteiger partial charge in [-0.25, -0.2) is 0 Å². The lowest BCUT2D eigenvalue weighted by molar-refractivity contribution is -0.141. The molecular formula is C24H26O8. The SMILES string of the molecule is CCO[C@@H]1c2cc3c(cc2[C@H](c2cc(OC)c(OC)c(OC)c2)[C@H]2C(=O)OC[C@@H]21)OCO3. The molecule has 32 heavy (non-hydrogen) atoms. The van der Waals surface area contributed by atoms with Crippen LogP contribution in [0.3, 0.4) is 0 Å². The first kappa shape index (κ1) is 20.8. The number of hydrogen-bond donors (Lipinski definition) is 0. The maximum atomic E-state index is 13.0. The first-order valence-corrected chi connectivity index (χ1v) is 10.6. The molecule has 5 rings (SSSR count). The van der Waals surface area contributed by atoms with Gasteiger partial charge in [0.05, 0.1) is 40.0 Å². The Morgan fingerprint density at radius 1 is 0.906 bits per heavy atom. The first-order valence-electron chi connectivity index (χ1n) is 10.6. The number of esters is 1. The standard InChI is InChI=1S/C24H26O8/c1-5-29-22-14-9-17-16(31-11-32-17)8-13(14)20(21-15(22)10-30-24(21)25)12-6-18(26-2)23(28-4)19(7-12)27-3/h6-9,15,20-22H,5,10-11H2,1-4H3/t15-,20-,21-,22+/m0/s1. The van der Waals surface area contributed by atoms with E-state index in [9.17, 15) is 4.79 Å². The molecular weight excluding hydrogens is 416 g/mol. The van der Waals surface area contributed by atoms with Gasteiger partial charge in [-0.2, -0.15) is 0 Å². The van der Waals surface area contributed by atoms with Crippen molar-refractivity contribution < 1.29 is 38.0 Å². The second-order valence-electron chi connectivity index (χ2n) is 7.97. The Morgan fingerprint density at radius 3 is 2.16 bits per heavy atom. The Hall–Kier alpha value is -3.13. The third-order valence-electron chi connectivity index (χ3n) is 6.51. The largest absolute Gasteiger partial charge is 0.493 e. The molecule has 0 saturated carbocycles. The summed E-state index contributed by atoms with van der Waals surface area (Å²) in [6.07, 6.45) is -0.278. The summed E-state index contributed by atoms with van der Waals surface area (Å²) in [5, 5.41) is 0. The van der Waals surface area contributed by atoms with E-state index in [2.05, 4.69) is 0 Å². The Balaban J connectivity index is 1.74. The molecule has 8 heteroatoms. The van der Waals surface area contributed by atoms with E-state index >= 15 is 0 Å². The summed E-state index contributed by atoms with van der Waals surface area (Å²) in [7, 11) is 4.71. The van der Waals surface area contributed by atoms with E-state index in [1.807, 2.05) is 31.2 Å². The molecule has 2 aromatic rings. The molecule has 0 bridgehead atoms. The fourth-order valence-electron chi connectivity index (χ4n) is 5.19. The molecule has 1 saturated heterocycles. The van der Waals surface area contributed by atoms with E-state index in [4.69, 9.17) is 33.2 Å². The molecule has 0 N–H and O–H groups in total. The molecule has 2 aliphatic heterocycles. The lowest BCUT2D eigenvalue weighted by atomic mass is 9.66. The van der Waals surface area contributed by atoms with Crippen LogP contribution in [-0.4, -0.2) is 47.3 Å². The van der Waals surface area contributed by atoms with Crippen LogP contribution in [0, 0.1) is 11.8 Å². The zero-order chi connectivity index (χ0) is 22.4. The van der Waals surface area contributed by atoms with E-state index in [0.29, 0.717) is 42.0 Å². The van der Waals surface area contributed by atoms with Gasteiger partial charge in [0.2, 0.25) is 12.5 Å². The van der Waals surface area contributed by atoms with Crippen LogP contribution in [0.2, 0.25) is 0 Å². The summed E-state index contributed by atoms with van der Waals surface area (Å²) in [6.45, 7) is 2.94. The topological polar surface area (TPSA) is 81.7 Å². The minimum absolute atomic E-state index is 0.126. The second kappa shape index (κ2) is 8.09. The highest BCUT2D eigenvalue weighted by molar-refractivity contribution is 5.79. The smallest absolute Gasteiger partial charge is 0.310 e. The minimum atomic E-state index is -0.415. The van der Waals surface area contributed by atoms with Crippen LogP contribution in [0.4, 0.5) is 0 Å². The van der Waals surface area contributed by atoms with Gasteiger partial charge in [0, 0.05) is 18.4 Å². The maximum Gasteiger partial charge on any atom is 0.310 e. The van der Waals surface area contributed by atoms with E-state index < -0.39 is 5.92 Å². The molecule has 2 heterocycles. The fourth-order valence-corrected chi connectivity index (χ4v) is 5.19. The van der Waals surface area contributed by atoms with Crippen LogP contribution in [0.25, 0.3) is 0 Å². The van der Waals surface area contributed by atoms with Crippen LogP contribution in [0.5, 0.6) is 28.7 Å². The molecule has 170 valence electrons. The maximum absolute atomic E-state index is 13.0. The van der Waals surface area contributed by atoms with Gasteiger partial charge in [-0.3, -0.25) is 4.79 Å². The van der Waals surface area contributed by atoms with Gasteiger partial charge in [0.25, 0.3) is 0 Å². The quantitative estimate of drug-likeness (QED) is 0.630. The van der Waals surface area contributed by atoms with E-state index in [-0.39, 0.29) is 30.7 Å². The Bertz CT molecular complexity index is 1020. The summed E-state index contributed by atoms with van der Waals surface area (Å²) in [6, 6.07) is 7.72. The Morgan fingerprint density at radius 2 is 1.56 bits per heavy atom. The van der Waals surface area contributed by atoms with Gasteiger partial charge < -0.3 is 33.2 Å². The van der Waals surface area contributed by atoms with Crippen molar-refractivity contribution in [3.05, 3.63) is 41.0 Å². The summed E-state index contributed by atoms with van der Waals surface area (Å²) < 4.78 is 39.6. The summed E-state index contributed by atoms with van der Waals surface area (Å²) in [4.78, 5) is 13.0. The first-order chi connectivity index (χ1) is 15.6. The molecule has 3 aliphatic rings. The molecule has 2 aromatic carbocycles. The highest BCUT2D eigenvalue weighted by atomic mass is 16.7. The van der Waals surface area contributed by atoms with Crippen molar-refractivity contribution in [2.75, 3.05) is 41.3 Å². The van der Waals surface area contributed by atoms with Crippen molar-refractivity contribution in [1.82, 2.24) is 0 Å². The highest BCUT2D eigenvalue weighted by Gasteiger charge is 2.53. The van der Waals surface area contributed by atoms with E-state index in [1.54, 1.807) is 21.3 Å². The minimum Gasteiger partial charge on any atom is -0.493 e. The molecule has 0 aromatic heterocycles. The van der Waals surface area contributed by atoms with Crippen molar-refractivity contribution in [3.63, 3.8) is 0 Å². The van der Waals surface area contributed by atoms with Crippen molar-refractivity contribution in [2.24, 2.45) is 11.8 Å². The summed E-state index contributed by atoms with van der Waals surface area (Å²) in [5.74, 6) is 1.81. The van der Waals surface area contributed by atoms with Gasteiger partial charge in [0.15, 0.2) is 23.0 Å². The number of ether oxygens (including phenoxy) is 7. The Labute approximate surface area is 186 Å². The van der Waals surface area contributed by atoms with Crippen LogP contribution < -0.4 is 23.7 Å². The van der Waals surface area contributed by atoms with Crippen molar-refractivity contribution in [3.8, 4) is 28.7 Å². The number of methoxy groups -OCH3 is 3. The fraction of sp³-hybridized carbons (Fsp3) is 0.458. The monoisotopic (exact) mass is 442 g/mol. The van der Waals surface area contributed by atoms with Gasteiger partial charge in [-0.15, -0.1) is 0 Å². The molecule has 4 atom stereocenters. The average molecular weight is 442 g/mol. The number of cyclic esters (lactones) is 1. The number of benzene rings is 2. The zero-order valence-corrected chi connectivity index (χ0v) is 18.5. The molecule has 0 amide bonds. The highest BCUT2D eigenvalue weighted by Crippen LogP contribution is 2.56. The number of fused-ring (bicyclic) bond motifs is 3. The number of hydrogen-bond acceptors (Lipinski definition) is 8. The van der Waals surface area contributed by atoms with Gasteiger partial charge in [-0.05, 0) is 47.9 Å². The van der Waals surface area contributed by atoms with Gasteiger partial charge in [-0.1, -0.05) is 0 Å². The lowest BCUT2D eigenvalue weighted by Gasteiger charge is -2.39. The number of carbonyl (C=O) groups is 1. The van der Waals surface area contributed by atoms with Gasteiger partial charge >= 0.3 is 5.97 Å². The number of carbonyl (C=O) groups excluding carboxylic acids is 1. The van der Waals surface area contributed by atoms with Crippen molar-refractivity contribution in [1.29, 1.82) is 0 Å². The van der Waals surface area contributed by atoms with E-state index in [0.717, 1.165) is 16.7 Å². The van der Waals surface area contributed by atoms with Gasteiger partial charge in [0.1, 0.15) is 0 Å². The summed E-state index contributed by atoms with van der Waals surface area (Å²) >= 11 is 0. The predicted octanol–water partition coefficient (Wildman–Crippen LogP) is 3.45. The third-order valence-corrected chi connectivity index (χ3v) is 6.51. The summed E-state index contributed by atoms with van der Waals surface area (Å²) in [5.41, 5.74) is 2.79. The molecule has 1 aliphatic carbocycles. The van der Waals surface area contributed by atoms with Crippen LogP contribution >= 0.6 is 0 Å².